The number of para-hydroxylation sites is 2. The summed E-state index contributed by atoms with van der Waals surface area (Å²) in [6.07, 6.45) is 1.37. The number of aliphatic hydroxyl groups is 2. The Kier molecular flexibility index (Phi) is 7.14. The molecule has 224 valence electrons. The second-order valence-corrected chi connectivity index (χ2v) is 13.3. The first kappa shape index (κ1) is 28.5. The summed E-state index contributed by atoms with van der Waals surface area (Å²) in [5, 5.41) is 31.7. The molecule has 1 saturated carbocycles. The molecule has 0 atom stereocenters. The molecule has 10 nitrogen and oxygen atoms in total. The van der Waals surface area contributed by atoms with Gasteiger partial charge >= 0.3 is 0 Å². The van der Waals surface area contributed by atoms with Crippen LogP contribution in [0.2, 0.25) is 0 Å². The number of imidazole rings is 1. The molecular weight excluding hydrogens is 604 g/mol. The molecule has 0 radical (unpaired) electrons. The summed E-state index contributed by atoms with van der Waals surface area (Å²) >= 11 is 1.24. The standard InChI is InChI=1S/C31H27FN6O4S2/c32-22-13-18(10-11-27(22)44(33,41)42)12-21-26(14-17-8-9-17)38(31-36-25(16-43-31)30(39)40)37-28(21)19-4-3-5-20(15-19)29-34-23-6-1-2-7-24(23)35-29/h1-7,10-11,13,15-17,30,39-40H,8-9,12,14H2,(H,34,35)(H2,33,41,42). The summed E-state index contributed by atoms with van der Waals surface area (Å²) in [5.74, 6) is 0.230. The van der Waals surface area contributed by atoms with Crippen molar-refractivity contribution in [3.8, 4) is 27.8 Å². The molecule has 0 unspecified atom stereocenters. The van der Waals surface area contributed by atoms with Gasteiger partial charge in [-0.1, -0.05) is 36.4 Å². The van der Waals surface area contributed by atoms with Crippen molar-refractivity contribution in [3.05, 3.63) is 100 Å². The van der Waals surface area contributed by atoms with Crippen molar-refractivity contribution < 1.29 is 23.0 Å². The predicted octanol–water partition coefficient (Wildman–Crippen LogP) is 4.85. The van der Waals surface area contributed by atoms with E-state index in [-0.39, 0.29) is 12.1 Å². The number of sulfonamides is 1. The molecule has 3 heterocycles. The van der Waals surface area contributed by atoms with Crippen LogP contribution in [-0.4, -0.2) is 43.4 Å². The number of aromatic nitrogens is 5. The van der Waals surface area contributed by atoms with Gasteiger partial charge in [0, 0.05) is 28.5 Å². The van der Waals surface area contributed by atoms with Crippen LogP contribution in [0.15, 0.2) is 77.0 Å². The molecule has 1 aliphatic rings. The number of aliphatic hydroxyl groups excluding tert-OH is 1. The van der Waals surface area contributed by atoms with Crippen molar-refractivity contribution in [3.63, 3.8) is 0 Å². The zero-order valence-corrected chi connectivity index (χ0v) is 24.8. The van der Waals surface area contributed by atoms with Crippen molar-refractivity contribution in [2.45, 2.75) is 36.9 Å². The van der Waals surface area contributed by atoms with Gasteiger partial charge in [-0.2, -0.15) is 5.10 Å². The lowest BCUT2D eigenvalue weighted by Crippen LogP contribution is -2.14. The average Bonchev–Trinajstić information content (AvgIpc) is 3.36. The van der Waals surface area contributed by atoms with E-state index in [1.165, 1.54) is 23.5 Å². The fraction of sp³-hybridized carbons (Fsp3) is 0.194. The van der Waals surface area contributed by atoms with E-state index in [9.17, 15) is 23.0 Å². The molecule has 13 heteroatoms. The molecule has 0 spiro atoms. The third kappa shape index (κ3) is 5.55. The highest BCUT2D eigenvalue weighted by Gasteiger charge is 2.29. The normalized spacial score (nSPS) is 13.8. The van der Waals surface area contributed by atoms with Crippen molar-refractivity contribution in [1.82, 2.24) is 24.7 Å². The van der Waals surface area contributed by atoms with E-state index >= 15 is 0 Å². The Balaban J connectivity index is 1.39. The highest BCUT2D eigenvalue weighted by atomic mass is 32.2. The SMILES string of the molecule is NS(=O)(=O)c1ccc(Cc2c(-c3cccc(-c4nc5ccccc5[nH]4)c3)nn(-c3nc(C(O)O)cs3)c2CC2CC2)cc1F. The second-order valence-electron chi connectivity index (χ2n) is 10.9. The van der Waals surface area contributed by atoms with Crippen LogP contribution in [0.3, 0.4) is 0 Å². The number of thiazole rings is 1. The van der Waals surface area contributed by atoms with Crippen LogP contribution in [0.5, 0.6) is 0 Å². The molecule has 6 aromatic rings. The number of rotatable bonds is 9. The first-order valence-electron chi connectivity index (χ1n) is 13.9. The number of benzene rings is 3. The zero-order chi connectivity index (χ0) is 30.6. The first-order chi connectivity index (χ1) is 21.1. The van der Waals surface area contributed by atoms with Crippen LogP contribution in [0.4, 0.5) is 4.39 Å². The highest BCUT2D eigenvalue weighted by Crippen LogP contribution is 2.39. The van der Waals surface area contributed by atoms with E-state index in [1.807, 2.05) is 48.5 Å². The summed E-state index contributed by atoms with van der Waals surface area (Å²) in [6, 6.07) is 19.5. The van der Waals surface area contributed by atoms with Gasteiger partial charge in [-0.05, 0) is 61.1 Å². The number of nitrogens with two attached hydrogens (primary N) is 1. The van der Waals surface area contributed by atoms with Crippen LogP contribution in [0.25, 0.3) is 38.8 Å². The molecule has 5 N–H and O–H groups in total. The van der Waals surface area contributed by atoms with E-state index in [0.29, 0.717) is 34.6 Å². The fourth-order valence-electron chi connectivity index (χ4n) is 5.35. The number of halogens is 1. The van der Waals surface area contributed by atoms with Gasteiger partial charge in [-0.25, -0.2) is 32.6 Å². The minimum atomic E-state index is -4.22. The Morgan fingerprint density at radius 2 is 1.84 bits per heavy atom. The van der Waals surface area contributed by atoms with Crippen LogP contribution in [0.1, 0.15) is 41.6 Å². The number of nitrogens with zero attached hydrogens (tertiary/aromatic N) is 4. The Hall–Kier alpha value is -4.27. The molecule has 0 amide bonds. The van der Waals surface area contributed by atoms with E-state index in [0.717, 1.165) is 46.3 Å². The largest absolute Gasteiger partial charge is 0.363 e. The number of nitrogens with one attached hydrogen (secondary N) is 1. The Labute approximate surface area is 255 Å². The van der Waals surface area contributed by atoms with Gasteiger partial charge < -0.3 is 15.2 Å². The van der Waals surface area contributed by atoms with Gasteiger partial charge in [0.1, 0.15) is 22.2 Å². The van der Waals surface area contributed by atoms with E-state index < -0.39 is 27.0 Å². The first-order valence-corrected chi connectivity index (χ1v) is 16.4. The van der Waals surface area contributed by atoms with Crippen molar-refractivity contribution in [2.24, 2.45) is 11.1 Å². The smallest absolute Gasteiger partial charge is 0.240 e. The lowest BCUT2D eigenvalue weighted by atomic mass is 9.96. The third-order valence-corrected chi connectivity index (χ3v) is 9.49. The van der Waals surface area contributed by atoms with Gasteiger partial charge in [-0.3, -0.25) is 0 Å². The molecule has 44 heavy (non-hydrogen) atoms. The van der Waals surface area contributed by atoms with Gasteiger partial charge in [0.2, 0.25) is 15.2 Å². The van der Waals surface area contributed by atoms with Crippen LogP contribution in [0, 0.1) is 11.7 Å². The van der Waals surface area contributed by atoms with Gasteiger partial charge in [-0.15, -0.1) is 11.3 Å². The number of primary sulfonamides is 1. The molecule has 3 aromatic carbocycles. The molecule has 0 saturated heterocycles. The predicted molar refractivity (Wildman–Crippen MR) is 164 cm³/mol. The minimum absolute atomic E-state index is 0.119. The van der Waals surface area contributed by atoms with Crippen molar-refractivity contribution in [2.75, 3.05) is 0 Å². The van der Waals surface area contributed by atoms with Crippen molar-refractivity contribution in [1.29, 1.82) is 0 Å². The minimum Gasteiger partial charge on any atom is -0.363 e. The Bertz CT molecular complexity index is 2100. The summed E-state index contributed by atoms with van der Waals surface area (Å²) in [5.41, 5.74) is 6.45. The van der Waals surface area contributed by atoms with Crippen LogP contribution < -0.4 is 5.14 Å². The Morgan fingerprint density at radius 3 is 2.55 bits per heavy atom. The number of H-pyrrole nitrogens is 1. The maximum atomic E-state index is 14.9. The van der Waals surface area contributed by atoms with E-state index in [4.69, 9.17) is 15.2 Å². The third-order valence-electron chi connectivity index (χ3n) is 7.71. The van der Waals surface area contributed by atoms with E-state index in [2.05, 4.69) is 9.97 Å². The number of aromatic amines is 1. The van der Waals surface area contributed by atoms with Gasteiger partial charge in [0.25, 0.3) is 0 Å². The average molecular weight is 631 g/mol. The molecule has 3 aromatic heterocycles. The highest BCUT2D eigenvalue weighted by molar-refractivity contribution is 7.89. The number of fused-ring (bicyclic) bond motifs is 1. The van der Waals surface area contributed by atoms with Crippen LogP contribution >= 0.6 is 11.3 Å². The zero-order valence-electron chi connectivity index (χ0n) is 23.2. The maximum absolute atomic E-state index is 14.9. The lowest BCUT2D eigenvalue weighted by molar-refractivity contribution is -0.0454. The summed E-state index contributed by atoms with van der Waals surface area (Å²) < 4.78 is 40.3. The molecule has 0 bridgehead atoms. The number of hydrogen-bond acceptors (Lipinski definition) is 8. The quantitative estimate of drug-likeness (QED) is 0.166. The second kappa shape index (κ2) is 11.0. The molecular formula is C31H27FN6O4S2. The summed E-state index contributed by atoms with van der Waals surface area (Å²) in [4.78, 5) is 12.0. The van der Waals surface area contributed by atoms with Crippen LogP contribution in [-0.2, 0) is 22.9 Å². The maximum Gasteiger partial charge on any atom is 0.240 e. The number of hydrogen-bond donors (Lipinski definition) is 4. The molecule has 1 aliphatic carbocycles. The summed E-state index contributed by atoms with van der Waals surface area (Å²) in [7, 11) is -4.22. The molecule has 1 fully saturated rings. The Morgan fingerprint density at radius 1 is 1.05 bits per heavy atom. The summed E-state index contributed by atoms with van der Waals surface area (Å²) in [6.45, 7) is 0. The van der Waals surface area contributed by atoms with E-state index in [1.54, 1.807) is 16.1 Å². The van der Waals surface area contributed by atoms with Gasteiger partial charge in [0.05, 0.1) is 22.4 Å². The van der Waals surface area contributed by atoms with Crippen molar-refractivity contribution >= 4 is 32.4 Å². The van der Waals surface area contributed by atoms with Gasteiger partial charge in [0.15, 0.2) is 6.29 Å². The topological polar surface area (TPSA) is 160 Å². The fourth-order valence-corrected chi connectivity index (χ4v) is 6.75. The lowest BCUT2D eigenvalue weighted by Gasteiger charge is -2.10. The molecule has 7 rings (SSSR count). The monoisotopic (exact) mass is 630 g/mol. The molecule has 0 aliphatic heterocycles.